The highest BCUT2D eigenvalue weighted by molar-refractivity contribution is 7.15. The van der Waals surface area contributed by atoms with Gasteiger partial charge in [0.15, 0.2) is 5.82 Å². The fraction of sp³-hybridized carbons (Fsp3) is 0.111. The van der Waals surface area contributed by atoms with Gasteiger partial charge >= 0.3 is 6.18 Å². The maximum absolute atomic E-state index is 13.5. The van der Waals surface area contributed by atoms with E-state index in [2.05, 4.69) is 20.5 Å². The highest BCUT2D eigenvalue weighted by Gasteiger charge is 2.34. The minimum Gasteiger partial charge on any atom is -0.315 e. The summed E-state index contributed by atoms with van der Waals surface area (Å²) < 4.78 is 41.2. The Morgan fingerprint density at radius 1 is 1.27 bits per heavy atom. The molecule has 3 heterocycles. The summed E-state index contributed by atoms with van der Waals surface area (Å²) in [5.41, 5.74) is -1.68. The molecule has 0 saturated carbocycles. The smallest absolute Gasteiger partial charge is 0.315 e. The average Bonchev–Trinajstić information content (AvgIpc) is 3.32. The van der Waals surface area contributed by atoms with Gasteiger partial charge in [-0.1, -0.05) is 23.7 Å². The summed E-state index contributed by atoms with van der Waals surface area (Å²) in [5.74, 6) is -0.376. The van der Waals surface area contributed by atoms with E-state index in [0.717, 1.165) is 28.0 Å². The third-order valence-corrected chi connectivity index (χ3v) is 5.59. The van der Waals surface area contributed by atoms with E-state index in [1.807, 2.05) is 0 Å². The number of amides is 1. The summed E-state index contributed by atoms with van der Waals surface area (Å²) in [6.45, 7) is -0.616. The van der Waals surface area contributed by atoms with E-state index in [0.29, 0.717) is 21.4 Å². The van der Waals surface area contributed by atoms with Gasteiger partial charge < -0.3 is 5.32 Å². The number of aromatic amines is 1. The molecule has 7 nitrogen and oxygen atoms in total. The van der Waals surface area contributed by atoms with E-state index in [1.165, 1.54) is 24.5 Å². The van der Waals surface area contributed by atoms with Crippen molar-refractivity contribution in [2.75, 3.05) is 5.32 Å². The average molecular weight is 454 g/mol. The van der Waals surface area contributed by atoms with Crippen molar-refractivity contribution in [3.63, 3.8) is 0 Å². The van der Waals surface area contributed by atoms with Gasteiger partial charge in [0.25, 0.3) is 5.56 Å². The standard InChI is InChI=1S/C18H11ClF3N5O2S/c19-11-7-30-17(14(11)16-23-8-24-26-16)25-12(28)6-27-13(29)5-4-9-2-1-3-10(15(9)27)18(20,21)22/h1-5,7-8H,6H2,(H,25,28)(H,23,24,26). The van der Waals surface area contributed by atoms with Crippen LogP contribution in [-0.4, -0.2) is 25.7 Å². The van der Waals surface area contributed by atoms with Crippen molar-refractivity contribution in [3.8, 4) is 11.4 Å². The van der Waals surface area contributed by atoms with E-state index >= 15 is 0 Å². The summed E-state index contributed by atoms with van der Waals surface area (Å²) in [5, 5.41) is 11.3. The molecule has 1 amide bonds. The maximum atomic E-state index is 13.5. The first-order chi connectivity index (χ1) is 14.3. The number of pyridine rings is 1. The number of benzene rings is 1. The monoisotopic (exact) mass is 453 g/mol. The van der Waals surface area contributed by atoms with Crippen LogP contribution in [0.1, 0.15) is 5.56 Å². The predicted molar refractivity (Wildman–Crippen MR) is 107 cm³/mol. The first kappa shape index (κ1) is 20.1. The number of halogens is 4. The summed E-state index contributed by atoms with van der Waals surface area (Å²) in [6.07, 6.45) is -3.42. The van der Waals surface area contributed by atoms with Crippen LogP contribution in [0.3, 0.4) is 0 Å². The van der Waals surface area contributed by atoms with E-state index < -0.39 is 29.8 Å². The highest BCUT2D eigenvalue weighted by Crippen LogP contribution is 2.38. The number of carbonyl (C=O) groups is 1. The second-order valence-corrected chi connectivity index (χ2v) is 7.46. The van der Waals surface area contributed by atoms with Gasteiger partial charge in [-0.25, -0.2) is 4.98 Å². The molecule has 0 unspecified atom stereocenters. The number of hydrogen-bond donors (Lipinski definition) is 2. The molecule has 0 spiro atoms. The molecule has 0 aliphatic carbocycles. The van der Waals surface area contributed by atoms with Crippen molar-refractivity contribution < 1.29 is 18.0 Å². The third-order valence-electron chi connectivity index (χ3n) is 4.27. The third kappa shape index (κ3) is 3.68. The van der Waals surface area contributed by atoms with Gasteiger partial charge in [0.2, 0.25) is 5.91 Å². The zero-order valence-corrected chi connectivity index (χ0v) is 16.4. The largest absolute Gasteiger partial charge is 0.418 e. The number of nitrogens with one attached hydrogen (secondary N) is 2. The highest BCUT2D eigenvalue weighted by atomic mass is 35.5. The number of nitrogens with zero attached hydrogens (tertiary/aromatic N) is 3. The van der Waals surface area contributed by atoms with Crippen LogP contribution in [0.4, 0.5) is 18.2 Å². The number of H-pyrrole nitrogens is 1. The summed E-state index contributed by atoms with van der Waals surface area (Å²) >= 11 is 7.25. The lowest BCUT2D eigenvalue weighted by molar-refractivity contribution is -0.136. The number of fused-ring (bicyclic) bond motifs is 1. The maximum Gasteiger partial charge on any atom is 0.418 e. The molecule has 0 saturated heterocycles. The molecule has 2 N–H and O–H groups in total. The lowest BCUT2D eigenvalue weighted by atomic mass is 10.1. The number of hydrogen-bond acceptors (Lipinski definition) is 5. The first-order valence-electron chi connectivity index (χ1n) is 8.38. The Hall–Kier alpha value is -3.18. The Bertz CT molecular complexity index is 1300. The predicted octanol–water partition coefficient (Wildman–Crippen LogP) is 4.16. The van der Waals surface area contributed by atoms with Gasteiger partial charge in [0.1, 0.15) is 17.9 Å². The van der Waals surface area contributed by atoms with E-state index in [1.54, 1.807) is 5.38 Å². The fourth-order valence-corrected chi connectivity index (χ4v) is 4.24. The molecule has 3 aromatic heterocycles. The molecule has 30 heavy (non-hydrogen) atoms. The summed E-state index contributed by atoms with van der Waals surface area (Å²) in [7, 11) is 0. The molecular weight excluding hydrogens is 443 g/mol. The number of para-hydroxylation sites is 1. The molecule has 0 fully saturated rings. The molecule has 0 aliphatic rings. The van der Waals surface area contributed by atoms with Crippen molar-refractivity contribution in [2.45, 2.75) is 12.7 Å². The Kier molecular flexibility index (Phi) is 5.08. The number of carbonyl (C=O) groups excluding carboxylic acids is 1. The molecule has 0 atom stereocenters. The number of anilines is 1. The minimum atomic E-state index is -4.69. The van der Waals surface area contributed by atoms with Crippen molar-refractivity contribution >= 4 is 44.7 Å². The Morgan fingerprint density at radius 3 is 2.77 bits per heavy atom. The molecule has 154 valence electrons. The molecule has 0 bridgehead atoms. The van der Waals surface area contributed by atoms with Crippen LogP contribution in [0.5, 0.6) is 0 Å². The van der Waals surface area contributed by atoms with Gasteiger partial charge in [-0.15, -0.1) is 11.3 Å². The Morgan fingerprint density at radius 2 is 2.07 bits per heavy atom. The molecular formula is C18H11ClF3N5O2S. The van der Waals surface area contributed by atoms with Crippen LogP contribution in [0.25, 0.3) is 22.3 Å². The molecule has 0 aliphatic heterocycles. The molecule has 1 aromatic carbocycles. The van der Waals surface area contributed by atoms with Crippen molar-refractivity contribution in [2.24, 2.45) is 0 Å². The van der Waals surface area contributed by atoms with Crippen LogP contribution >= 0.6 is 22.9 Å². The van der Waals surface area contributed by atoms with Gasteiger partial charge in [-0.2, -0.15) is 18.3 Å². The molecule has 12 heteroatoms. The number of rotatable bonds is 4. The summed E-state index contributed by atoms with van der Waals surface area (Å²) in [6, 6.07) is 5.98. The second-order valence-electron chi connectivity index (χ2n) is 6.17. The Labute approximate surface area is 175 Å². The van der Waals surface area contributed by atoms with Crippen LogP contribution in [0, 0.1) is 0 Å². The van der Waals surface area contributed by atoms with Crippen molar-refractivity contribution in [1.82, 2.24) is 19.7 Å². The minimum absolute atomic E-state index is 0.193. The van der Waals surface area contributed by atoms with E-state index in [4.69, 9.17) is 11.6 Å². The summed E-state index contributed by atoms with van der Waals surface area (Å²) in [4.78, 5) is 29.0. The van der Waals surface area contributed by atoms with E-state index in [-0.39, 0.29) is 10.9 Å². The topological polar surface area (TPSA) is 92.7 Å². The quantitative estimate of drug-likeness (QED) is 0.485. The molecule has 4 rings (SSSR count). The first-order valence-corrected chi connectivity index (χ1v) is 9.64. The van der Waals surface area contributed by atoms with Gasteiger partial charge in [-0.05, 0) is 17.5 Å². The van der Waals surface area contributed by atoms with Crippen LogP contribution < -0.4 is 10.9 Å². The second kappa shape index (κ2) is 7.58. The zero-order valence-electron chi connectivity index (χ0n) is 14.8. The van der Waals surface area contributed by atoms with Gasteiger partial charge in [-0.3, -0.25) is 19.3 Å². The van der Waals surface area contributed by atoms with Gasteiger partial charge in [0, 0.05) is 11.4 Å². The number of aromatic nitrogens is 4. The molecule has 0 radical (unpaired) electrons. The van der Waals surface area contributed by atoms with Gasteiger partial charge in [0.05, 0.1) is 21.7 Å². The van der Waals surface area contributed by atoms with Crippen molar-refractivity contribution in [1.29, 1.82) is 0 Å². The van der Waals surface area contributed by atoms with Crippen molar-refractivity contribution in [3.05, 3.63) is 63.0 Å². The lowest BCUT2D eigenvalue weighted by Crippen LogP contribution is -2.28. The van der Waals surface area contributed by atoms with Crippen LogP contribution in [-0.2, 0) is 17.5 Å². The number of thiophene rings is 1. The number of alkyl halides is 3. The fourth-order valence-electron chi connectivity index (χ4n) is 3.03. The zero-order chi connectivity index (χ0) is 21.5. The lowest BCUT2D eigenvalue weighted by Gasteiger charge is -2.15. The molecule has 4 aromatic rings. The SMILES string of the molecule is O=C(Cn1c(=O)ccc2cccc(C(F)(F)F)c21)Nc1scc(Cl)c1-c1ncn[nH]1. The van der Waals surface area contributed by atoms with Crippen LogP contribution in [0.15, 0.2) is 46.8 Å². The van der Waals surface area contributed by atoms with Crippen LogP contribution in [0.2, 0.25) is 5.02 Å². The Balaban J connectivity index is 1.72. The normalized spacial score (nSPS) is 11.7. The van der Waals surface area contributed by atoms with E-state index in [9.17, 15) is 22.8 Å².